The van der Waals surface area contributed by atoms with Crippen LogP contribution in [0.3, 0.4) is 0 Å². The van der Waals surface area contributed by atoms with Crippen LogP contribution in [0.4, 0.5) is 0 Å². The Kier molecular flexibility index (Phi) is 4.08. The van der Waals surface area contributed by atoms with Gasteiger partial charge in [0.1, 0.15) is 10.3 Å². The van der Waals surface area contributed by atoms with E-state index in [-0.39, 0.29) is 5.56 Å². The molecule has 1 aromatic carbocycles. The number of H-pyrrole nitrogens is 1. The van der Waals surface area contributed by atoms with Gasteiger partial charge in [-0.05, 0) is 40.9 Å². The maximum Gasteiger partial charge on any atom is 0.265 e. The Labute approximate surface area is 134 Å². The second kappa shape index (κ2) is 5.82. The zero-order valence-corrected chi connectivity index (χ0v) is 14.0. The summed E-state index contributed by atoms with van der Waals surface area (Å²) in [5.74, 6) is 1.05. The molecule has 0 spiro atoms. The molecule has 20 heavy (non-hydrogen) atoms. The molecule has 1 aliphatic rings. The largest absolute Gasteiger partial charge is 0.306 e. The average molecular weight is 398 g/mol. The lowest BCUT2D eigenvalue weighted by atomic mass is 10.0. The highest BCUT2D eigenvalue weighted by atomic mass is 79.9. The van der Waals surface area contributed by atoms with Crippen LogP contribution in [0.1, 0.15) is 37.3 Å². The van der Waals surface area contributed by atoms with E-state index in [0.29, 0.717) is 16.2 Å². The van der Waals surface area contributed by atoms with Crippen molar-refractivity contribution in [3.8, 4) is 11.4 Å². The van der Waals surface area contributed by atoms with Crippen LogP contribution >= 0.6 is 31.9 Å². The van der Waals surface area contributed by atoms with E-state index in [4.69, 9.17) is 4.98 Å². The first-order chi connectivity index (χ1) is 9.65. The van der Waals surface area contributed by atoms with Crippen LogP contribution in [-0.4, -0.2) is 9.97 Å². The van der Waals surface area contributed by atoms with Gasteiger partial charge in [-0.2, -0.15) is 0 Å². The van der Waals surface area contributed by atoms with Gasteiger partial charge in [-0.25, -0.2) is 4.98 Å². The minimum absolute atomic E-state index is 0.0974. The Morgan fingerprint density at radius 1 is 1.10 bits per heavy atom. The molecule has 0 atom stereocenters. The first kappa shape index (κ1) is 14.0. The zero-order valence-electron chi connectivity index (χ0n) is 10.8. The van der Waals surface area contributed by atoms with Gasteiger partial charge in [0.05, 0.1) is 5.69 Å². The van der Waals surface area contributed by atoms with Gasteiger partial charge in [-0.15, -0.1) is 0 Å². The third-order valence-electron chi connectivity index (χ3n) is 3.75. The van der Waals surface area contributed by atoms with Crippen molar-refractivity contribution >= 4 is 31.9 Å². The number of halogens is 2. The normalized spacial score (nSPS) is 15.7. The molecule has 1 fully saturated rings. The van der Waals surface area contributed by atoms with Gasteiger partial charge >= 0.3 is 0 Å². The van der Waals surface area contributed by atoms with E-state index < -0.39 is 0 Å². The molecule has 5 heteroatoms. The Morgan fingerprint density at radius 3 is 2.40 bits per heavy atom. The van der Waals surface area contributed by atoms with E-state index in [1.807, 2.05) is 24.3 Å². The van der Waals surface area contributed by atoms with Crippen molar-refractivity contribution in [1.82, 2.24) is 9.97 Å². The number of hydrogen-bond donors (Lipinski definition) is 1. The van der Waals surface area contributed by atoms with Crippen molar-refractivity contribution in [1.29, 1.82) is 0 Å². The maximum absolute atomic E-state index is 12.1. The summed E-state index contributed by atoms with van der Waals surface area (Å²) in [5.41, 5.74) is 1.74. The summed E-state index contributed by atoms with van der Waals surface area (Å²) >= 11 is 6.81. The molecule has 1 aliphatic carbocycles. The summed E-state index contributed by atoms with van der Waals surface area (Å²) in [6, 6.07) is 7.81. The Hall–Kier alpha value is -0.940. The summed E-state index contributed by atoms with van der Waals surface area (Å²) in [5, 5.41) is 0. The van der Waals surface area contributed by atoms with E-state index in [1.54, 1.807) is 0 Å². The summed E-state index contributed by atoms with van der Waals surface area (Å²) in [6.45, 7) is 0. The predicted octanol–water partition coefficient (Wildman–Crippen LogP) is 4.62. The summed E-state index contributed by atoms with van der Waals surface area (Å²) in [6.07, 6.45) is 4.68. The monoisotopic (exact) mass is 396 g/mol. The lowest BCUT2D eigenvalue weighted by Crippen LogP contribution is -2.15. The maximum atomic E-state index is 12.1. The fourth-order valence-corrected chi connectivity index (χ4v) is 3.47. The van der Waals surface area contributed by atoms with Crippen LogP contribution in [0.2, 0.25) is 0 Å². The van der Waals surface area contributed by atoms with Gasteiger partial charge < -0.3 is 4.98 Å². The minimum atomic E-state index is -0.0974. The van der Waals surface area contributed by atoms with E-state index in [2.05, 4.69) is 36.8 Å². The highest BCUT2D eigenvalue weighted by Gasteiger charge is 2.23. The van der Waals surface area contributed by atoms with Gasteiger partial charge in [0.25, 0.3) is 5.56 Å². The van der Waals surface area contributed by atoms with Crippen LogP contribution in [0, 0.1) is 0 Å². The van der Waals surface area contributed by atoms with Crippen molar-refractivity contribution in [2.24, 2.45) is 0 Å². The lowest BCUT2D eigenvalue weighted by Gasteiger charge is -2.12. The molecule has 1 N–H and O–H groups in total. The first-order valence-electron chi connectivity index (χ1n) is 6.71. The molecule has 0 saturated heterocycles. The molecule has 3 nitrogen and oxygen atoms in total. The number of nitrogens with zero attached hydrogens (tertiary/aromatic N) is 1. The van der Waals surface area contributed by atoms with E-state index in [0.717, 1.165) is 28.6 Å². The number of hydrogen-bond acceptors (Lipinski definition) is 2. The minimum Gasteiger partial charge on any atom is -0.306 e. The molecule has 0 aliphatic heterocycles. The first-order valence-corrected chi connectivity index (χ1v) is 8.29. The van der Waals surface area contributed by atoms with Gasteiger partial charge in [0, 0.05) is 16.0 Å². The van der Waals surface area contributed by atoms with Crippen LogP contribution < -0.4 is 5.56 Å². The van der Waals surface area contributed by atoms with E-state index in [1.165, 1.54) is 12.8 Å². The van der Waals surface area contributed by atoms with Gasteiger partial charge in [-0.1, -0.05) is 40.9 Å². The molecule has 104 valence electrons. The third-order valence-corrected chi connectivity index (χ3v) is 5.04. The highest BCUT2D eigenvalue weighted by molar-refractivity contribution is 9.10. The highest BCUT2D eigenvalue weighted by Crippen LogP contribution is 2.36. The SMILES string of the molecule is O=c1[nH]c(-c2ccc(Br)cc2)nc(C2CCCC2)c1Br. The van der Waals surface area contributed by atoms with Crippen molar-refractivity contribution in [2.45, 2.75) is 31.6 Å². The molecule has 0 amide bonds. The van der Waals surface area contributed by atoms with Gasteiger partial charge in [0.2, 0.25) is 0 Å². The van der Waals surface area contributed by atoms with Crippen LogP contribution in [-0.2, 0) is 0 Å². The second-order valence-electron chi connectivity index (χ2n) is 5.10. The summed E-state index contributed by atoms with van der Waals surface area (Å²) in [7, 11) is 0. The molecule has 1 saturated carbocycles. The smallest absolute Gasteiger partial charge is 0.265 e. The Bertz CT molecular complexity index is 673. The molecular formula is C15H14Br2N2O. The standard InChI is InChI=1S/C15H14Br2N2O/c16-11-7-5-10(6-8-11)14-18-13(9-3-1-2-4-9)12(17)15(20)19-14/h5-9H,1-4H2,(H,18,19,20). The fourth-order valence-electron chi connectivity index (χ4n) is 2.69. The van der Waals surface area contributed by atoms with Gasteiger partial charge in [0.15, 0.2) is 0 Å². The van der Waals surface area contributed by atoms with Crippen LogP contribution in [0.5, 0.6) is 0 Å². The molecule has 2 aromatic rings. The summed E-state index contributed by atoms with van der Waals surface area (Å²) in [4.78, 5) is 19.6. The van der Waals surface area contributed by atoms with Crippen molar-refractivity contribution in [3.05, 3.63) is 49.3 Å². The number of aromatic nitrogens is 2. The van der Waals surface area contributed by atoms with Crippen LogP contribution in [0.15, 0.2) is 38.0 Å². The average Bonchev–Trinajstić information content (AvgIpc) is 2.96. The number of benzene rings is 1. The molecule has 1 heterocycles. The molecule has 0 unspecified atom stereocenters. The van der Waals surface area contributed by atoms with Crippen molar-refractivity contribution in [2.75, 3.05) is 0 Å². The number of nitrogens with one attached hydrogen (secondary N) is 1. The van der Waals surface area contributed by atoms with Crippen LogP contribution in [0.25, 0.3) is 11.4 Å². The van der Waals surface area contributed by atoms with Crippen molar-refractivity contribution < 1.29 is 0 Å². The molecule has 3 rings (SSSR count). The molecule has 1 aromatic heterocycles. The lowest BCUT2D eigenvalue weighted by molar-refractivity contribution is 0.688. The quantitative estimate of drug-likeness (QED) is 0.803. The van der Waals surface area contributed by atoms with E-state index in [9.17, 15) is 4.79 Å². The van der Waals surface area contributed by atoms with E-state index >= 15 is 0 Å². The number of aromatic amines is 1. The third kappa shape index (κ3) is 2.74. The molecule has 0 radical (unpaired) electrons. The second-order valence-corrected chi connectivity index (χ2v) is 6.81. The Balaban J connectivity index is 2.08. The zero-order chi connectivity index (χ0) is 14.1. The summed E-state index contributed by atoms with van der Waals surface area (Å²) < 4.78 is 1.60. The van der Waals surface area contributed by atoms with Gasteiger partial charge in [-0.3, -0.25) is 4.79 Å². The molecule has 0 bridgehead atoms. The number of rotatable bonds is 2. The predicted molar refractivity (Wildman–Crippen MR) is 86.9 cm³/mol. The topological polar surface area (TPSA) is 45.8 Å². The fraction of sp³-hybridized carbons (Fsp3) is 0.333. The molecular weight excluding hydrogens is 384 g/mol. The van der Waals surface area contributed by atoms with Crippen molar-refractivity contribution in [3.63, 3.8) is 0 Å². The Morgan fingerprint density at radius 2 is 1.75 bits per heavy atom.